The molecule has 0 spiro atoms. The summed E-state index contributed by atoms with van der Waals surface area (Å²) in [5, 5.41) is 0. The van der Waals surface area contributed by atoms with Gasteiger partial charge in [0.05, 0.1) is 39.1 Å². The van der Waals surface area contributed by atoms with Gasteiger partial charge in [-0.25, -0.2) is 18.6 Å². The number of benzene rings is 3. The molecule has 0 saturated heterocycles. The molecule has 0 bridgehead atoms. The number of nitrogens with zero attached hydrogens (tertiary/aromatic N) is 2. The summed E-state index contributed by atoms with van der Waals surface area (Å²) in [5.74, 6) is -0.520. The zero-order valence-corrected chi connectivity index (χ0v) is 25.8. The van der Waals surface area contributed by atoms with Gasteiger partial charge >= 0.3 is 5.97 Å². The summed E-state index contributed by atoms with van der Waals surface area (Å²) in [4.78, 5) is 31.8. The highest BCUT2D eigenvalue weighted by molar-refractivity contribution is 14.1. The normalized spacial score (nSPS) is 14.8. The molecule has 3 aromatic carbocycles. The largest absolute Gasteiger partial charge is 0.493 e. The number of ether oxygens (including phenoxy) is 3. The summed E-state index contributed by atoms with van der Waals surface area (Å²) < 4.78 is 47.2. The molecular weight excluding hydrogens is 677 g/mol. The first-order valence-corrected chi connectivity index (χ1v) is 14.8. The average molecular weight is 703 g/mol. The van der Waals surface area contributed by atoms with Crippen LogP contribution in [-0.4, -0.2) is 24.3 Å². The number of fused-ring (bicyclic) bond motifs is 1. The van der Waals surface area contributed by atoms with Crippen LogP contribution in [0, 0.1) is 15.2 Å². The van der Waals surface area contributed by atoms with E-state index in [-0.39, 0.29) is 30.2 Å². The van der Waals surface area contributed by atoms with Crippen LogP contribution >= 0.6 is 33.9 Å². The quantitative estimate of drug-likeness (QED) is 0.185. The molecule has 1 aliphatic heterocycles. The SMILES string of the molecule is CCOC(=O)C1=C(C)N=c2s/c(=C\c3cc(I)c(OCc4ccccc4F)c(OC)c3)c(=O)n2[C@H]1c1ccc(F)cc1. The molecule has 7 nitrogen and oxygen atoms in total. The maximum Gasteiger partial charge on any atom is 0.338 e. The van der Waals surface area contributed by atoms with Gasteiger partial charge in [-0.2, -0.15) is 0 Å². The lowest BCUT2D eigenvalue weighted by molar-refractivity contribution is -0.139. The molecule has 1 aliphatic rings. The highest BCUT2D eigenvalue weighted by atomic mass is 127. The number of halogens is 3. The van der Waals surface area contributed by atoms with Crippen LogP contribution in [0.5, 0.6) is 11.5 Å². The molecule has 216 valence electrons. The predicted molar refractivity (Wildman–Crippen MR) is 163 cm³/mol. The third-order valence-corrected chi connectivity index (χ3v) is 8.37. The minimum Gasteiger partial charge on any atom is -0.493 e. The van der Waals surface area contributed by atoms with Gasteiger partial charge in [0.1, 0.15) is 18.2 Å². The van der Waals surface area contributed by atoms with E-state index in [9.17, 15) is 18.4 Å². The molecule has 0 radical (unpaired) electrons. The molecule has 42 heavy (non-hydrogen) atoms. The Bertz CT molecular complexity index is 1880. The van der Waals surface area contributed by atoms with Crippen LogP contribution in [0.15, 0.2) is 81.7 Å². The number of allylic oxidation sites excluding steroid dienone is 1. The lowest BCUT2D eigenvalue weighted by Gasteiger charge is -2.24. The van der Waals surface area contributed by atoms with Crippen LogP contribution < -0.4 is 24.4 Å². The molecule has 1 aromatic heterocycles. The van der Waals surface area contributed by atoms with Crippen LogP contribution in [-0.2, 0) is 16.1 Å². The molecule has 2 heterocycles. The summed E-state index contributed by atoms with van der Waals surface area (Å²) in [6, 6.07) is 14.7. The predicted octanol–water partition coefficient (Wildman–Crippen LogP) is 5.27. The first kappa shape index (κ1) is 29.6. The highest BCUT2D eigenvalue weighted by Gasteiger charge is 2.33. The van der Waals surface area contributed by atoms with Gasteiger partial charge in [0.25, 0.3) is 5.56 Å². The van der Waals surface area contributed by atoms with Crippen molar-refractivity contribution in [3.05, 3.63) is 124 Å². The third kappa shape index (κ3) is 5.88. The second kappa shape index (κ2) is 12.6. The molecular formula is C31H25F2IN2O5S. The first-order valence-electron chi connectivity index (χ1n) is 12.9. The number of hydrogen-bond donors (Lipinski definition) is 0. The van der Waals surface area contributed by atoms with Crippen molar-refractivity contribution in [2.45, 2.75) is 26.5 Å². The second-order valence-electron chi connectivity index (χ2n) is 9.27. The van der Waals surface area contributed by atoms with Gasteiger partial charge < -0.3 is 14.2 Å². The standard InChI is InChI=1S/C31H25F2IN2O5S/c1-4-40-30(38)26-17(2)35-31-36(27(26)19-9-11-21(32)12-10-19)29(37)25(42-31)15-18-13-23(34)28(24(14-18)39-3)41-16-20-7-5-6-8-22(20)33/h5-15,27H,4,16H2,1-3H3/b25-15-/t27-/m0/s1. The average Bonchev–Trinajstić information content (AvgIpc) is 3.26. The lowest BCUT2D eigenvalue weighted by Crippen LogP contribution is -2.39. The topological polar surface area (TPSA) is 79.1 Å². The number of carbonyl (C=O) groups excluding carboxylic acids is 1. The Kier molecular flexibility index (Phi) is 8.88. The number of hydrogen-bond acceptors (Lipinski definition) is 7. The Hall–Kier alpha value is -3.84. The fraction of sp³-hybridized carbons (Fsp3) is 0.194. The number of carbonyl (C=O) groups is 1. The number of rotatable bonds is 8. The van der Waals surface area contributed by atoms with Crippen molar-refractivity contribution in [1.29, 1.82) is 0 Å². The number of methoxy groups -OCH3 is 1. The van der Waals surface area contributed by atoms with E-state index >= 15 is 0 Å². The highest BCUT2D eigenvalue weighted by Crippen LogP contribution is 2.35. The van der Waals surface area contributed by atoms with Crippen molar-refractivity contribution in [1.82, 2.24) is 4.57 Å². The van der Waals surface area contributed by atoms with E-state index in [4.69, 9.17) is 14.2 Å². The van der Waals surface area contributed by atoms with E-state index in [0.717, 1.165) is 0 Å². The molecule has 5 rings (SSSR count). The van der Waals surface area contributed by atoms with Gasteiger partial charge in [-0.15, -0.1) is 0 Å². The molecule has 0 saturated carbocycles. The Balaban J connectivity index is 1.58. The Morgan fingerprint density at radius 3 is 2.57 bits per heavy atom. The van der Waals surface area contributed by atoms with Crippen molar-refractivity contribution in [2.75, 3.05) is 13.7 Å². The Labute approximate surface area is 257 Å². The molecule has 0 aliphatic carbocycles. The van der Waals surface area contributed by atoms with E-state index in [1.807, 2.05) is 6.07 Å². The zero-order valence-electron chi connectivity index (χ0n) is 22.8. The fourth-order valence-corrected chi connectivity index (χ4v) is 6.46. The monoisotopic (exact) mass is 702 g/mol. The van der Waals surface area contributed by atoms with Gasteiger partial charge in [-0.1, -0.05) is 41.7 Å². The minimum atomic E-state index is -0.841. The Morgan fingerprint density at radius 2 is 1.88 bits per heavy atom. The van der Waals surface area contributed by atoms with Crippen molar-refractivity contribution < 1.29 is 27.8 Å². The van der Waals surface area contributed by atoms with E-state index in [2.05, 4.69) is 27.6 Å². The molecule has 0 unspecified atom stereocenters. The van der Waals surface area contributed by atoms with Crippen LogP contribution in [0.25, 0.3) is 6.08 Å². The van der Waals surface area contributed by atoms with E-state index in [0.29, 0.717) is 46.8 Å². The van der Waals surface area contributed by atoms with Crippen LogP contribution in [0.2, 0.25) is 0 Å². The first-order chi connectivity index (χ1) is 20.2. The maximum absolute atomic E-state index is 14.1. The molecule has 11 heteroatoms. The fourth-order valence-electron chi connectivity index (χ4n) is 4.63. The smallest absolute Gasteiger partial charge is 0.338 e. The maximum atomic E-state index is 14.1. The van der Waals surface area contributed by atoms with Gasteiger partial charge in [0.2, 0.25) is 0 Å². The van der Waals surface area contributed by atoms with Gasteiger partial charge in [-0.05, 0) is 84.0 Å². The summed E-state index contributed by atoms with van der Waals surface area (Å²) in [6.45, 7) is 3.55. The lowest BCUT2D eigenvalue weighted by atomic mass is 9.96. The van der Waals surface area contributed by atoms with Gasteiger partial charge in [0, 0.05) is 5.56 Å². The van der Waals surface area contributed by atoms with Gasteiger partial charge in [-0.3, -0.25) is 9.36 Å². The number of esters is 1. The second-order valence-corrected chi connectivity index (χ2v) is 11.4. The van der Waals surface area contributed by atoms with Crippen LogP contribution in [0.3, 0.4) is 0 Å². The summed E-state index contributed by atoms with van der Waals surface area (Å²) in [5.41, 5.74) is 1.90. The van der Waals surface area contributed by atoms with Crippen LogP contribution in [0.4, 0.5) is 8.78 Å². The van der Waals surface area contributed by atoms with Crippen molar-refractivity contribution >= 4 is 46.0 Å². The number of thiazole rings is 1. The summed E-state index contributed by atoms with van der Waals surface area (Å²) in [7, 11) is 1.50. The van der Waals surface area contributed by atoms with E-state index in [1.54, 1.807) is 56.3 Å². The van der Waals surface area contributed by atoms with Crippen molar-refractivity contribution in [3.63, 3.8) is 0 Å². The molecule has 4 aromatic rings. The van der Waals surface area contributed by atoms with Gasteiger partial charge in [0.15, 0.2) is 16.3 Å². The zero-order chi connectivity index (χ0) is 30.0. The number of aromatic nitrogens is 1. The Morgan fingerprint density at radius 1 is 1.14 bits per heavy atom. The van der Waals surface area contributed by atoms with Crippen molar-refractivity contribution in [3.8, 4) is 11.5 Å². The molecule has 1 atom stereocenters. The van der Waals surface area contributed by atoms with Crippen molar-refractivity contribution in [2.24, 2.45) is 4.99 Å². The van der Waals surface area contributed by atoms with E-state index < -0.39 is 17.8 Å². The summed E-state index contributed by atoms with van der Waals surface area (Å²) in [6.07, 6.45) is 1.71. The molecule has 0 amide bonds. The third-order valence-electron chi connectivity index (χ3n) is 6.58. The van der Waals surface area contributed by atoms with E-state index in [1.165, 1.54) is 41.2 Å². The molecule has 0 fully saturated rings. The summed E-state index contributed by atoms with van der Waals surface area (Å²) >= 11 is 3.28. The molecule has 0 N–H and O–H groups in total. The minimum absolute atomic E-state index is 0.0164. The van der Waals surface area contributed by atoms with Crippen LogP contribution in [0.1, 0.15) is 36.6 Å².